The monoisotopic (exact) mass is 323 g/mol. The molecule has 0 atom stereocenters. The van der Waals surface area contributed by atoms with Crippen molar-refractivity contribution in [3.8, 4) is 0 Å². The van der Waals surface area contributed by atoms with Crippen molar-refractivity contribution in [2.24, 2.45) is 0 Å². The van der Waals surface area contributed by atoms with Gasteiger partial charge in [-0.25, -0.2) is 4.98 Å². The van der Waals surface area contributed by atoms with E-state index in [1.54, 1.807) is 0 Å². The summed E-state index contributed by atoms with van der Waals surface area (Å²) >= 11 is 0. The number of para-hydroxylation sites is 1. The summed E-state index contributed by atoms with van der Waals surface area (Å²) in [5, 5.41) is 3.57. The fourth-order valence-electron chi connectivity index (χ4n) is 3.66. The highest BCUT2D eigenvalue weighted by Gasteiger charge is 2.20. The number of hydrogen-bond donors (Lipinski definition) is 1. The van der Waals surface area contributed by atoms with E-state index in [1.807, 2.05) is 12.3 Å². The number of anilines is 3. The molecular weight excluding hydrogens is 298 g/mol. The molecule has 1 aromatic carbocycles. The lowest BCUT2D eigenvalue weighted by atomic mass is 10.2. The lowest BCUT2D eigenvalue weighted by Crippen LogP contribution is -2.47. The van der Waals surface area contributed by atoms with E-state index in [0.717, 1.165) is 37.9 Å². The minimum Gasteiger partial charge on any atom is -0.368 e. The predicted octanol–water partition coefficient (Wildman–Crippen LogP) is 3.16. The Morgan fingerprint density at radius 1 is 0.875 bits per heavy atom. The molecule has 1 aromatic heterocycles. The Balaban J connectivity index is 1.38. The van der Waals surface area contributed by atoms with Gasteiger partial charge in [0.05, 0.1) is 0 Å². The third-order valence-corrected chi connectivity index (χ3v) is 5.03. The lowest BCUT2D eigenvalue weighted by molar-refractivity contribution is 0.639. The summed E-state index contributed by atoms with van der Waals surface area (Å²) in [5.41, 5.74) is 1.30. The van der Waals surface area contributed by atoms with E-state index >= 15 is 0 Å². The summed E-state index contributed by atoms with van der Waals surface area (Å²) in [6.45, 7) is 3.94. The summed E-state index contributed by atoms with van der Waals surface area (Å²) in [6, 6.07) is 13.2. The van der Waals surface area contributed by atoms with E-state index in [0.29, 0.717) is 6.04 Å². The Bertz CT molecular complexity index is 646. The number of aromatic nitrogens is 2. The molecule has 0 unspecified atom stereocenters. The third kappa shape index (κ3) is 3.45. The second-order valence-electron chi connectivity index (χ2n) is 6.68. The molecule has 2 fully saturated rings. The first-order valence-corrected chi connectivity index (χ1v) is 9.03. The van der Waals surface area contributed by atoms with E-state index < -0.39 is 0 Å². The van der Waals surface area contributed by atoms with Crippen LogP contribution in [0.3, 0.4) is 0 Å². The summed E-state index contributed by atoms with van der Waals surface area (Å²) in [5.74, 6) is 1.82. The van der Waals surface area contributed by atoms with Crippen molar-refractivity contribution in [3.63, 3.8) is 0 Å². The Kier molecular flexibility index (Phi) is 4.49. The Morgan fingerprint density at radius 2 is 1.58 bits per heavy atom. The molecule has 0 radical (unpaired) electrons. The molecule has 24 heavy (non-hydrogen) atoms. The van der Waals surface area contributed by atoms with Crippen LogP contribution >= 0.6 is 0 Å². The van der Waals surface area contributed by atoms with Gasteiger partial charge in [0, 0.05) is 44.1 Å². The maximum absolute atomic E-state index is 4.74. The van der Waals surface area contributed by atoms with Crippen LogP contribution in [0.15, 0.2) is 42.6 Å². The highest BCUT2D eigenvalue weighted by atomic mass is 15.3. The van der Waals surface area contributed by atoms with Crippen molar-refractivity contribution < 1.29 is 0 Å². The topological polar surface area (TPSA) is 44.3 Å². The van der Waals surface area contributed by atoms with Gasteiger partial charge in [0.1, 0.15) is 5.82 Å². The number of benzene rings is 1. The molecule has 1 saturated heterocycles. The van der Waals surface area contributed by atoms with Gasteiger partial charge in [-0.3, -0.25) is 0 Å². The Hall–Kier alpha value is -2.30. The van der Waals surface area contributed by atoms with Crippen molar-refractivity contribution in [2.45, 2.75) is 31.7 Å². The largest absolute Gasteiger partial charge is 0.368 e. The molecule has 5 heteroatoms. The van der Waals surface area contributed by atoms with E-state index in [2.05, 4.69) is 50.4 Å². The molecule has 1 N–H and O–H groups in total. The van der Waals surface area contributed by atoms with E-state index in [-0.39, 0.29) is 0 Å². The van der Waals surface area contributed by atoms with Gasteiger partial charge in [-0.05, 0) is 31.0 Å². The van der Waals surface area contributed by atoms with E-state index in [4.69, 9.17) is 4.98 Å². The average molecular weight is 323 g/mol. The van der Waals surface area contributed by atoms with Crippen LogP contribution in [0.1, 0.15) is 25.7 Å². The first-order valence-electron chi connectivity index (χ1n) is 9.03. The van der Waals surface area contributed by atoms with Crippen LogP contribution in [0.2, 0.25) is 0 Å². The molecule has 0 spiro atoms. The Morgan fingerprint density at radius 3 is 2.33 bits per heavy atom. The lowest BCUT2D eigenvalue weighted by Gasteiger charge is -2.36. The maximum atomic E-state index is 4.74. The van der Waals surface area contributed by atoms with E-state index in [9.17, 15) is 0 Å². The van der Waals surface area contributed by atoms with Gasteiger partial charge < -0.3 is 15.1 Å². The van der Waals surface area contributed by atoms with Gasteiger partial charge >= 0.3 is 0 Å². The normalized spacial score (nSPS) is 18.8. The smallest absolute Gasteiger partial charge is 0.227 e. The fraction of sp³-hybridized carbons (Fsp3) is 0.474. The van der Waals surface area contributed by atoms with Gasteiger partial charge in [0.15, 0.2) is 0 Å². The molecule has 2 heterocycles. The molecule has 4 rings (SSSR count). The van der Waals surface area contributed by atoms with Crippen LogP contribution in [0.25, 0.3) is 0 Å². The van der Waals surface area contributed by atoms with Crippen molar-refractivity contribution in [1.82, 2.24) is 9.97 Å². The van der Waals surface area contributed by atoms with Gasteiger partial charge in [-0.2, -0.15) is 4.98 Å². The molecule has 2 aliphatic rings. The summed E-state index contributed by atoms with van der Waals surface area (Å²) in [7, 11) is 0. The summed E-state index contributed by atoms with van der Waals surface area (Å²) < 4.78 is 0. The van der Waals surface area contributed by atoms with Gasteiger partial charge in [-0.1, -0.05) is 31.0 Å². The van der Waals surface area contributed by atoms with Crippen LogP contribution in [0.5, 0.6) is 0 Å². The minimum absolute atomic E-state index is 0.586. The highest BCUT2D eigenvalue weighted by Crippen LogP contribution is 2.23. The van der Waals surface area contributed by atoms with Crippen LogP contribution in [0.4, 0.5) is 17.5 Å². The molecule has 1 saturated carbocycles. The third-order valence-electron chi connectivity index (χ3n) is 5.03. The van der Waals surface area contributed by atoms with Crippen LogP contribution in [-0.4, -0.2) is 42.2 Å². The van der Waals surface area contributed by atoms with Gasteiger partial charge in [0.2, 0.25) is 5.95 Å². The van der Waals surface area contributed by atoms with Crippen molar-refractivity contribution in [1.29, 1.82) is 0 Å². The standard InChI is InChI=1S/C19H25N5/c1-2-8-17(9-3-1)23-12-14-24(15-13-23)19-20-11-10-18(22-19)21-16-6-4-5-7-16/h1-3,8-11,16H,4-7,12-15H2,(H,20,21,22). The number of nitrogens with zero attached hydrogens (tertiary/aromatic N) is 4. The quantitative estimate of drug-likeness (QED) is 0.936. The van der Waals surface area contributed by atoms with Crippen LogP contribution < -0.4 is 15.1 Å². The van der Waals surface area contributed by atoms with Gasteiger partial charge in [-0.15, -0.1) is 0 Å². The number of hydrogen-bond acceptors (Lipinski definition) is 5. The molecule has 126 valence electrons. The van der Waals surface area contributed by atoms with Crippen LogP contribution in [-0.2, 0) is 0 Å². The number of piperazine rings is 1. The Labute approximate surface area is 143 Å². The highest BCUT2D eigenvalue weighted by molar-refractivity contribution is 5.49. The zero-order valence-electron chi connectivity index (χ0n) is 14.1. The first kappa shape index (κ1) is 15.2. The summed E-state index contributed by atoms with van der Waals surface area (Å²) in [4.78, 5) is 14.0. The van der Waals surface area contributed by atoms with Gasteiger partial charge in [0.25, 0.3) is 0 Å². The average Bonchev–Trinajstić information content (AvgIpc) is 3.16. The predicted molar refractivity (Wildman–Crippen MR) is 98.8 cm³/mol. The fourth-order valence-corrected chi connectivity index (χ4v) is 3.66. The molecular formula is C19H25N5. The second-order valence-corrected chi connectivity index (χ2v) is 6.68. The molecule has 2 aromatic rings. The molecule has 0 bridgehead atoms. The molecule has 0 amide bonds. The van der Waals surface area contributed by atoms with Crippen molar-refractivity contribution in [2.75, 3.05) is 41.3 Å². The van der Waals surface area contributed by atoms with Crippen molar-refractivity contribution in [3.05, 3.63) is 42.6 Å². The molecule has 1 aliphatic carbocycles. The zero-order chi connectivity index (χ0) is 16.2. The SMILES string of the molecule is c1ccc(N2CCN(c3nccc(NC4CCCC4)n3)CC2)cc1. The van der Waals surface area contributed by atoms with Crippen molar-refractivity contribution >= 4 is 17.5 Å². The van der Waals surface area contributed by atoms with E-state index in [1.165, 1.54) is 31.4 Å². The minimum atomic E-state index is 0.586. The number of nitrogens with one attached hydrogen (secondary N) is 1. The zero-order valence-corrected chi connectivity index (χ0v) is 14.1. The number of rotatable bonds is 4. The molecule has 5 nitrogen and oxygen atoms in total. The summed E-state index contributed by atoms with van der Waals surface area (Å²) in [6.07, 6.45) is 7.06. The second kappa shape index (κ2) is 7.07. The maximum Gasteiger partial charge on any atom is 0.227 e. The first-order chi connectivity index (χ1) is 11.9. The molecule has 1 aliphatic heterocycles. The van der Waals surface area contributed by atoms with Crippen LogP contribution in [0, 0.1) is 0 Å².